The van der Waals surface area contributed by atoms with Crippen LogP contribution in [0.3, 0.4) is 0 Å². The lowest BCUT2D eigenvalue weighted by Gasteiger charge is -2.16. The number of carbonyl (C=O) groups excluding carboxylic acids is 3. The third-order valence-corrected chi connectivity index (χ3v) is 5.15. The minimum Gasteiger partial charge on any atom is -0.485 e. The maximum absolute atomic E-state index is 13.0. The van der Waals surface area contributed by atoms with Crippen LogP contribution in [-0.4, -0.2) is 30.6 Å². The molecule has 0 unspecified atom stereocenters. The Morgan fingerprint density at radius 1 is 0.903 bits per heavy atom. The molecule has 3 aromatic rings. The fourth-order valence-corrected chi connectivity index (χ4v) is 3.47. The average molecular weight is 417 g/mol. The highest BCUT2D eigenvalue weighted by molar-refractivity contribution is 6.09. The van der Waals surface area contributed by atoms with Gasteiger partial charge in [-0.3, -0.25) is 14.4 Å². The Hall–Kier alpha value is -3.80. The van der Waals surface area contributed by atoms with Crippen molar-refractivity contribution < 1.29 is 23.5 Å². The fourth-order valence-electron chi connectivity index (χ4n) is 3.47. The molecule has 156 valence electrons. The quantitative estimate of drug-likeness (QED) is 0.533. The van der Waals surface area contributed by atoms with Gasteiger partial charge in [0, 0.05) is 35.3 Å². The molecular weight excluding hydrogens is 397 g/mol. The smallest absolute Gasteiger partial charge is 0.227 e. The Kier molecular flexibility index (Phi) is 5.89. The first-order valence-electron chi connectivity index (χ1n) is 9.98. The van der Waals surface area contributed by atoms with E-state index in [2.05, 4.69) is 0 Å². The summed E-state index contributed by atoms with van der Waals surface area (Å²) >= 11 is 0. The summed E-state index contributed by atoms with van der Waals surface area (Å²) in [4.78, 5) is 38.6. The van der Waals surface area contributed by atoms with E-state index < -0.39 is 5.82 Å². The van der Waals surface area contributed by atoms with Crippen LogP contribution in [0.2, 0.25) is 0 Å². The van der Waals surface area contributed by atoms with E-state index in [9.17, 15) is 18.8 Å². The number of Topliss-reactive ketones (excluding diaryl/α,β-unsaturated/α-hetero) is 1. The third kappa shape index (κ3) is 4.69. The minimum atomic E-state index is -0.400. The highest BCUT2D eigenvalue weighted by Crippen LogP contribution is 2.23. The predicted molar refractivity (Wildman–Crippen MR) is 114 cm³/mol. The number of rotatable bonds is 7. The number of ketones is 2. The second-order valence-corrected chi connectivity index (χ2v) is 7.27. The van der Waals surface area contributed by atoms with E-state index in [0.29, 0.717) is 35.4 Å². The molecule has 0 spiro atoms. The zero-order valence-electron chi connectivity index (χ0n) is 16.7. The molecule has 0 N–H and O–H groups in total. The largest absolute Gasteiger partial charge is 0.485 e. The average Bonchev–Trinajstić information content (AvgIpc) is 3.24. The molecule has 1 aliphatic rings. The van der Waals surface area contributed by atoms with Crippen molar-refractivity contribution in [1.29, 1.82) is 0 Å². The van der Waals surface area contributed by atoms with Crippen LogP contribution < -0.4 is 9.64 Å². The van der Waals surface area contributed by atoms with Gasteiger partial charge in [0.15, 0.2) is 18.2 Å². The van der Waals surface area contributed by atoms with Crippen LogP contribution in [0.1, 0.15) is 39.1 Å². The highest BCUT2D eigenvalue weighted by atomic mass is 19.1. The van der Waals surface area contributed by atoms with Crippen LogP contribution in [-0.2, 0) is 4.79 Å². The van der Waals surface area contributed by atoms with E-state index >= 15 is 0 Å². The molecule has 0 radical (unpaired) electrons. The molecule has 5 nitrogen and oxygen atoms in total. The zero-order chi connectivity index (χ0) is 21.8. The summed E-state index contributed by atoms with van der Waals surface area (Å²) in [6, 6.07) is 18.8. The maximum atomic E-state index is 13.0. The molecule has 0 bridgehead atoms. The molecule has 1 aliphatic heterocycles. The lowest BCUT2D eigenvalue weighted by Crippen LogP contribution is -2.24. The summed E-state index contributed by atoms with van der Waals surface area (Å²) < 4.78 is 18.6. The normalized spacial score (nSPS) is 13.3. The number of nitrogens with zero attached hydrogens (tertiary/aromatic N) is 1. The highest BCUT2D eigenvalue weighted by Gasteiger charge is 2.22. The van der Waals surface area contributed by atoms with Crippen LogP contribution in [0.25, 0.3) is 0 Å². The lowest BCUT2D eigenvalue weighted by molar-refractivity contribution is -0.117. The van der Waals surface area contributed by atoms with Crippen molar-refractivity contribution in [3.8, 4) is 5.75 Å². The predicted octanol–water partition coefficient (Wildman–Crippen LogP) is 4.45. The maximum Gasteiger partial charge on any atom is 0.227 e. The Bertz CT molecular complexity index is 1120. The zero-order valence-corrected chi connectivity index (χ0v) is 16.7. The summed E-state index contributed by atoms with van der Waals surface area (Å²) in [5, 5.41) is 0. The standard InChI is InChI=1S/C25H20FNO4/c26-20-10-6-17(7-11-20)25(30)18-8-12-22(13-9-18)31-16-23(28)19-3-1-4-21(15-19)27-14-2-5-24(27)29/h1,3-4,6-13,15H,2,5,14,16H2. The van der Waals surface area contributed by atoms with Crippen molar-refractivity contribution in [2.75, 3.05) is 18.1 Å². The van der Waals surface area contributed by atoms with Crippen LogP contribution in [0, 0.1) is 5.82 Å². The summed E-state index contributed by atoms with van der Waals surface area (Å²) in [6.45, 7) is 0.499. The van der Waals surface area contributed by atoms with Gasteiger partial charge in [-0.05, 0) is 67.1 Å². The van der Waals surface area contributed by atoms with E-state index in [0.717, 1.165) is 12.1 Å². The Labute approximate surface area is 179 Å². The van der Waals surface area contributed by atoms with Crippen LogP contribution in [0.4, 0.5) is 10.1 Å². The van der Waals surface area contributed by atoms with Crippen molar-refractivity contribution in [3.05, 3.63) is 95.3 Å². The van der Waals surface area contributed by atoms with Gasteiger partial charge in [0.05, 0.1) is 0 Å². The SMILES string of the molecule is O=C(COc1ccc(C(=O)c2ccc(F)cc2)cc1)c1cccc(N2CCCC2=O)c1. The van der Waals surface area contributed by atoms with Crippen LogP contribution in [0.5, 0.6) is 5.75 Å². The second kappa shape index (κ2) is 8.92. The molecule has 4 rings (SSSR count). The molecule has 0 atom stereocenters. The number of halogens is 1. The topological polar surface area (TPSA) is 63.7 Å². The summed E-state index contributed by atoms with van der Waals surface area (Å²) in [7, 11) is 0. The van der Waals surface area contributed by atoms with Gasteiger partial charge < -0.3 is 9.64 Å². The van der Waals surface area contributed by atoms with Crippen LogP contribution in [0.15, 0.2) is 72.8 Å². The third-order valence-electron chi connectivity index (χ3n) is 5.15. The number of hydrogen-bond donors (Lipinski definition) is 0. The van der Waals surface area contributed by atoms with Crippen molar-refractivity contribution in [2.45, 2.75) is 12.8 Å². The first-order valence-corrected chi connectivity index (χ1v) is 9.98. The molecule has 1 saturated heterocycles. The first-order chi connectivity index (χ1) is 15.0. The number of hydrogen-bond acceptors (Lipinski definition) is 4. The molecule has 0 saturated carbocycles. The molecule has 1 heterocycles. The minimum absolute atomic E-state index is 0.0659. The Morgan fingerprint density at radius 3 is 2.23 bits per heavy atom. The van der Waals surface area contributed by atoms with E-state index in [4.69, 9.17) is 4.74 Å². The Balaban J connectivity index is 1.38. The van der Waals surface area contributed by atoms with Gasteiger partial charge in [-0.25, -0.2) is 4.39 Å². The van der Waals surface area contributed by atoms with Crippen molar-refractivity contribution >= 4 is 23.2 Å². The van der Waals surface area contributed by atoms with Gasteiger partial charge in [0.1, 0.15) is 11.6 Å². The van der Waals surface area contributed by atoms with E-state index in [1.807, 2.05) is 6.07 Å². The number of anilines is 1. The summed E-state index contributed by atoms with van der Waals surface area (Å²) in [6.07, 6.45) is 1.35. The molecule has 6 heteroatoms. The molecular formula is C25H20FNO4. The molecule has 1 amide bonds. The van der Waals surface area contributed by atoms with E-state index in [-0.39, 0.29) is 24.1 Å². The van der Waals surface area contributed by atoms with Crippen molar-refractivity contribution in [1.82, 2.24) is 0 Å². The van der Waals surface area contributed by atoms with Crippen LogP contribution >= 0.6 is 0 Å². The van der Waals surface area contributed by atoms with Gasteiger partial charge in [-0.2, -0.15) is 0 Å². The van der Waals surface area contributed by atoms with Gasteiger partial charge in [0.2, 0.25) is 5.91 Å². The second-order valence-electron chi connectivity index (χ2n) is 7.27. The van der Waals surface area contributed by atoms with E-state index in [1.165, 1.54) is 24.3 Å². The molecule has 0 aromatic heterocycles. The summed E-state index contributed by atoms with van der Waals surface area (Å²) in [5.41, 5.74) is 2.02. The number of carbonyl (C=O) groups is 3. The Morgan fingerprint density at radius 2 is 1.58 bits per heavy atom. The number of amides is 1. The monoisotopic (exact) mass is 417 g/mol. The molecule has 1 fully saturated rings. The lowest BCUT2D eigenvalue weighted by atomic mass is 10.0. The fraction of sp³-hybridized carbons (Fsp3) is 0.160. The van der Waals surface area contributed by atoms with Crippen molar-refractivity contribution in [3.63, 3.8) is 0 Å². The number of benzene rings is 3. The van der Waals surface area contributed by atoms with Gasteiger partial charge in [0.25, 0.3) is 0 Å². The summed E-state index contributed by atoms with van der Waals surface area (Å²) in [5.74, 6) is -0.315. The molecule has 31 heavy (non-hydrogen) atoms. The number of ether oxygens (including phenoxy) is 1. The van der Waals surface area contributed by atoms with E-state index in [1.54, 1.807) is 47.4 Å². The van der Waals surface area contributed by atoms with Gasteiger partial charge in [-0.1, -0.05) is 12.1 Å². The van der Waals surface area contributed by atoms with Crippen molar-refractivity contribution in [2.24, 2.45) is 0 Å². The van der Waals surface area contributed by atoms with Gasteiger partial charge >= 0.3 is 0 Å². The van der Waals surface area contributed by atoms with Gasteiger partial charge in [-0.15, -0.1) is 0 Å². The molecule has 3 aromatic carbocycles. The first kappa shape index (κ1) is 20.5. The molecule has 0 aliphatic carbocycles.